The third kappa shape index (κ3) is 4.46. The maximum Gasteiger partial charge on any atom is 0.0356 e. The van der Waals surface area contributed by atoms with Crippen LogP contribution in [0.2, 0.25) is 0 Å². The molecule has 2 atom stereocenters. The molecule has 0 radical (unpaired) electrons. The monoisotopic (exact) mass is 282 g/mol. The zero-order valence-corrected chi connectivity index (χ0v) is 14.8. The van der Waals surface area contributed by atoms with Crippen LogP contribution in [-0.4, -0.2) is 37.1 Å². The normalized spacial score (nSPS) is 30.4. The Bertz CT molecular complexity index is 254. The molecule has 0 aromatic carbocycles. The van der Waals surface area contributed by atoms with E-state index in [4.69, 9.17) is 0 Å². The van der Waals surface area contributed by atoms with Crippen molar-refractivity contribution < 1.29 is 0 Å². The number of hydrogen-bond donors (Lipinski definition) is 1. The van der Waals surface area contributed by atoms with Crippen LogP contribution in [0.1, 0.15) is 72.6 Å². The molecule has 0 aromatic heterocycles. The van der Waals surface area contributed by atoms with Crippen molar-refractivity contribution in [2.45, 2.75) is 84.2 Å². The SMILES string of the molecule is CCCNC(CC(C)CC)C1(N(C)C)CCC(C)CC1. The van der Waals surface area contributed by atoms with Gasteiger partial charge in [-0.05, 0) is 71.0 Å². The molecular weight excluding hydrogens is 244 g/mol. The predicted molar refractivity (Wildman–Crippen MR) is 90.2 cm³/mol. The summed E-state index contributed by atoms with van der Waals surface area (Å²) in [6.45, 7) is 10.6. The largest absolute Gasteiger partial charge is 0.312 e. The van der Waals surface area contributed by atoms with E-state index in [2.05, 4.69) is 52.0 Å². The van der Waals surface area contributed by atoms with Crippen LogP contribution in [0, 0.1) is 11.8 Å². The van der Waals surface area contributed by atoms with E-state index in [0.717, 1.165) is 18.4 Å². The Hall–Kier alpha value is -0.0800. The minimum atomic E-state index is 0.380. The number of hydrogen-bond acceptors (Lipinski definition) is 2. The smallest absolute Gasteiger partial charge is 0.0356 e. The van der Waals surface area contributed by atoms with Crippen LogP contribution >= 0.6 is 0 Å². The standard InChI is InChI=1S/C18H38N2/c1-7-13-19-17(14-15(3)8-2)18(20(5)6)11-9-16(4)10-12-18/h15-17,19H,7-14H2,1-6H3. The molecular formula is C18H38N2. The summed E-state index contributed by atoms with van der Waals surface area (Å²) in [5.74, 6) is 1.74. The second-order valence-electron chi connectivity index (χ2n) is 7.44. The molecule has 1 aliphatic rings. The Morgan fingerprint density at radius 3 is 2.25 bits per heavy atom. The number of nitrogens with one attached hydrogen (secondary N) is 1. The molecule has 1 saturated carbocycles. The van der Waals surface area contributed by atoms with E-state index >= 15 is 0 Å². The van der Waals surface area contributed by atoms with Gasteiger partial charge in [0.15, 0.2) is 0 Å². The van der Waals surface area contributed by atoms with Gasteiger partial charge in [-0.2, -0.15) is 0 Å². The third-order valence-corrected chi connectivity index (χ3v) is 5.66. The second-order valence-corrected chi connectivity index (χ2v) is 7.44. The van der Waals surface area contributed by atoms with Crippen molar-refractivity contribution in [3.8, 4) is 0 Å². The van der Waals surface area contributed by atoms with Crippen molar-refractivity contribution in [1.82, 2.24) is 10.2 Å². The lowest BCUT2D eigenvalue weighted by atomic mass is 9.70. The van der Waals surface area contributed by atoms with Gasteiger partial charge in [-0.15, -0.1) is 0 Å². The Labute approximate surface area is 127 Å². The molecule has 2 nitrogen and oxygen atoms in total. The molecule has 0 spiro atoms. The van der Waals surface area contributed by atoms with Crippen molar-refractivity contribution in [2.75, 3.05) is 20.6 Å². The van der Waals surface area contributed by atoms with E-state index < -0.39 is 0 Å². The Morgan fingerprint density at radius 1 is 1.20 bits per heavy atom. The molecule has 120 valence electrons. The summed E-state index contributed by atoms with van der Waals surface area (Å²) in [6.07, 6.45) is 9.36. The van der Waals surface area contributed by atoms with Crippen LogP contribution in [-0.2, 0) is 0 Å². The van der Waals surface area contributed by atoms with Gasteiger partial charge in [0.05, 0.1) is 0 Å². The predicted octanol–water partition coefficient (Wildman–Crippen LogP) is 4.30. The van der Waals surface area contributed by atoms with Gasteiger partial charge in [-0.25, -0.2) is 0 Å². The highest BCUT2D eigenvalue weighted by Crippen LogP contribution is 2.39. The first-order chi connectivity index (χ1) is 9.46. The fourth-order valence-electron chi connectivity index (χ4n) is 3.75. The summed E-state index contributed by atoms with van der Waals surface area (Å²) in [5, 5.41) is 3.90. The molecule has 0 aliphatic heterocycles. The number of nitrogens with zero attached hydrogens (tertiary/aromatic N) is 1. The maximum atomic E-state index is 3.90. The van der Waals surface area contributed by atoms with Crippen LogP contribution in [0.4, 0.5) is 0 Å². The highest BCUT2D eigenvalue weighted by atomic mass is 15.2. The molecule has 0 heterocycles. The highest BCUT2D eigenvalue weighted by molar-refractivity contribution is 5.01. The Kier molecular flexibility index (Phi) is 7.53. The van der Waals surface area contributed by atoms with Gasteiger partial charge in [0.1, 0.15) is 0 Å². The Morgan fingerprint density at radius 2 is 1.80 bits per heavy atom. The Balaban J connectivity index is 2.85. The van der Waals surface area contributed by atoms with Crippen molar-refractivity contribution in [2.24, 2.45) is 11.8 Å². The number of likely N-dealkylation sites (N-methyl/N-ethyl adjacent to an activating group) is 1. The summed E-state index contributed by atoms with van der Waals surface area (Å²) in [4.78, 5) is 2.54. The van der Waals surface area contributed by atoms with Gasteiger partial charge in [0.25, 0.3) is 0 Å². The summed E-state index contributed by atoms with van der Waals surface area (Å²) >= 11 is 0. The first-order valence-electron chi connectivity index (χ1n) is 8.87. The van der Waals surface area contributed by atoms with Crippen molar-refractivity contribution in [3.63, 3.8) is 0 Å². The van der Waals surface area contributed by atoms with Crippen LogP contribution in [0.15, 0.2) is 0 Å². The molecule has 1 N–H and O–H groups in total. The van der Waals surface area contributed by atoms with Gasteiger partial charge in [-0.1, -0.05) is 34.1 Å². The summed E-state index contributed by atoms with van der Waals surface area (Å²) in [5.41, 5.74) is 0.380. The quantitative estimate of drug-likeness (QED) is 0.714. The molecule has 0 saturated heterocycles. The van der Waals surface area contributed by atoms with E-state index in [0.29, 0.717) is 11.6 Å². The zero-order chi connectivity index (χ0) is 15.2. The lowest BCUT2D eigenvalue weighted by molar-refractivity contribution is 0.0350. The lowest BCUT2D eigenvalue weighted by Crippen LogP contribution is -2.61. The topological polar surface area (TPSA) is 15.3 Å². The van der Waals surface area contributed by atoms with Gasteiger partial charge >= 0.3 is 0 Å². The van der Waals surface area contributed by atoms with Gasteiger partial charge < -0.3 is 10.2 Å². The summed E-state index contributed by atoms with van der Waals surface area (Å²) < 4.78 is 0. The molecule has 1 rings (SSSR count). The minimum Gasteiger partial charge on any atom is -0.312 e. The summed E-state index contributed by atoms with van der Waals surface area (Å²) in [6, 6.07) is 0.653. The van der Waals surface area contributed by atoms with E-state index in [9.17, 15) is 0 Å². The summed E-state index contributed by atoms with van der Waals surface area (Å²) in [7, 11) is 4.60. The molecule has 20 heavy (non-hydrogen) atoms. The zero-order valence-electron chi connectivity index (χ0n) is 14.8. The van der Waals surface area contributed by atoms with Gasteiger partial charge in [0, 0.05) is 11.6 Å². The van der Waals surface area contributed by atoms with E-state index in [1.54, 1.807) is 0 Å². The molecule has 0 amide bonds. The van der Waals surface area contributed by atoms with Gasteiger partial charge in [-0.3, -0.25) is 0 Å². The molecule has 1 aliphatic carbocycles. The van der Waals surface area contributed by atoms with Crippen molar-refractivity contribution in [1.29, 1.82) is 0 Å². The first-order valence-corrected chi connectivity index (χ1v) is 8.87. The minimum absolute atomic E-state index is 0.380. The van der Waals surface area contributed by atoms with E-state index in [1.807, 2.05) is 0 Å². The fourth-order valence-corrected chi connectivity index (χ4v) is 3.75. The molecule has 0 aromatic rings. The highest BCUT2D eigenvalue weighted by Gasteiger charge is 2.42. The number of rotatable bonds is 8. The third-order valence-electron chi connectivity index (χ3n) is 5.66. The molecule has 2 heteroatoms. The maximum absolute atomic E-state index is 3.90. The molecule has 2 unspecified atom stereocenters. The van der Waals surface area contributed by atoms with Crippen molar-refractivity contribution >= 4 is 0 Å². The fraction of sp³-hybridized carbons (Fsp3) is 1.00. The van der Waals surface area contributed by atoms with Crippen LogP contribution in [0.25, 0.3) is 0 Å². The van der Waals surface area contributed by atoms with Crippen LogP contribution in [0.5, 0.6) is 0 Å². The van der Waals surface area contributed by atoms with Crippen LogP contribution < -0.4 is 5.32 Å². The molecule has 0 bridgehead atoms. The van der Waals surface area contributed by atoms with E-state index in [1.165, 1.54) is 44.9 Å². The van der Waals surface area contributed by atoms with E-state index in [-0.39, 0.29) is 0 Å². The van der Waals surface area contributed by atoms with Gasteiger partial charge in [0.2, 0.25) is 0 Å². The first kappa shape index (κ1) is 18.0. The van der Waals surface area contributed by atoms with Crippen molar-refractivity contribution in [3.05, 3.63) is 0 Å². The second kappa shape index (κ2) is 8.38. The molecule has 1 fully saturated rings. The lowest BCUT2D eigenvalue weighted by Gasteiger charge is -2.50. The average molecular weight is 283 g/mol. The average Bonchev–Trinajstić information content (AvgIpc) is 2.44. The van der Waals surface area contributed by atoms with Crippen LogP contribution in [0.3, 0.4) is 0 Å².